The Hall–Kier alpha value is -0.590. The predicted molar refractivity (Wildman–Crippen MR) is 55.9 cm³/mol. The molecule has 2 unspecified atom stereocenters. The number of ether oxygens (including phenoxy) is 1. The fourth-order valence-electron chi connectivity index (χ4n) is 1.88. The average Bonchev–Trinajstić information content (AvgIpc) is 2.26. The molecule has 0 aliphatic carbocycles. The van der Waals surface area contributed by atoms with Gasteiger partial charge in [-0.3, -0.25) is 5.32 Å². The van der Waals surface area contributed by atoms with Crippen LogP contribution in [0.2, 0.25) is 0 Å². The molecular weight excluding hydrogens is 176 g/mol. The maximum Gasteiger partial charge on any atom is 0.111 e. The van der Waals surface area contributed by atoms with E-state index in [0.717, 1.165) is 32.2 Å². The second kappa shape index (κ2) is 5.33. The van der Waals surface area contributed by atoms with Gasteiger partial charge >= 0.3 is 0 Å². The average molecular weight is 196 g/mol. The first-order chi connectivity index (χ1) is 6.76. The van der Waals surface area contributed by atoms with Crippen molar-refractivity contribution in [3.63, 3.8) is 0 Å². The molecule has 3 heteroatoms. The smallest absolute Gasteiger partial charge is 0.111 e. The minimum atomic E-state index is -0.324. The molecule has 3 nitrogen and oxygen atoms in total. The van der Waals surface area contributed by atoms with Crippen LogP contribution in [0.25, 0.3) is 0 Å². The van der Waals surface area contributed by atoms with E-state index in [-0.39, 0.29) is 11.6 Å². The van der Waals surface area contributed by atoms with Gasteiger partial charge in [-0.1, -0.05) is 13.8 Å². The summed E-state index contributed by atoms with van der Waals surface area (Å²) in [6.45, 7) is 5.86. The third-order valence-corrected chi connectivity index (χ3v) is 2.84. The Morgan fingerprint density at radius 3 is 2.93 bits per heavy atom. The molecule has 0 aromatic heterocycles. The normalized spacial score (nSPS) is 32.5. The molecule has 1 rings (SSSR count). The van der Waals surface area contributed by atoms with Crippen molar-refractivity contribution in [1.29, 1.82) is 5.26 Å². The van der Waals surface area contributed by atoms with Gasteiger partial charge in [-0.15, -0.1) is 0 Å². The molecule has 0 spiro atoms. The SMILES string of the molecule is CCCNC1(C#N)CCOC(CC)C1. The lowest BCUT2D eigenvalue weighted by atomic mass is 9.87. The van der Waals surface area contributed by atoms with Crippen molar-refractivity contribution in [2.24, 2.45) is 0 Å². The molecule has 1 fully saturated rings. The predicted octanol–water partition coefficient (Wildman–Crippen LogP) is 1.84. The number of hydrogen-bond acceptors (Lipinski definition) is 3. The van der Waals surface area contributed by atoms with E-state index in [2.05, 4.69) is 25.2 Å². The van der Waals surface area contributed by atoms with Crippen LogP contribution in [0.4, 0.5) is 0 Å². The van der Waals surface area contributed by atoms with Crippen LogP contribution in [0.15, 0.2) is 0 Å². The molecule has 14 heavy (non-hydrogen) atoms. The maximum absolute atomic E-state index is 9.21. The first kappa shape index (κ1) is 11.5. The molecule has 0 aromatic carbocycles. The molecule has 2 atom stereocenters. The summed E-state index contributed by atoms with van der Waals surface area (Å²) in [7, 11) is 0. The minimum absolute atomic E-state index is 0.257. The summed E-state index contributed by atoms with van der Waals surface area (Å²) in [6.07, 6.45) is 3.98. The van der Waals surface area contributed by atoms with Crippen molar-refractivity contribution in [2.75, 3.05) is 13.2 Å². The monoisotopic (exact) mass is 196 g/mol. The number of nitrogens with zero attached hydrogens (tertiary/aromatic N) is 1. The fourth-order valence-corrected chi connectivity index (χ4v) is 1.88. The van der Waals surface area contributed by atoms with Gasteiger partial charge in [-0.2, -0.15) is 5.26 Å². The van der Waals surface area contributed by atoms with E-state index in [1.54, 1.807) is 0 Å². The quantitative estimate of drug-likeness (QED) is 0.746. The molecule has 1 saturated heterocycles. The Kier molecular flexibility index (Phi) is 4.37. The summed E-state index contributed by atoms with van der Waals surface area (Å²) in [5, 5.41) is 12.6. The van der Waals surface area contributed by atoms with E-state index in [1.165, 1.54) is 0 Å². The summed E-state index contributed by atoms with van der Waals surface area (Å²) in [4.78, 5) is 0. The number of nitrogens with one attached hydrogen (secondary N) is 1. The Morgan fingerprint density at radius 1 is 1.57 bits per heavy atom. The molecule has 0 saturated carbocycles. The molecule has 0 radical (unpaired) electrons. The lowest BCUT2D eigenvalue weighted by molar-refractivity contribution is -0.0156. The molecule has 0 bridgehead atoms. The van der Waals surface area contributed by atoms with Crippen molar-refractivity contribution >= 4 is 0 Å². The number of nitriles is 1. The van der Waals surface area contributed by atoms with Gasteiger partial charge in [0.05, 0.1) is 12.2 Å². The summed E-state index contributed by atoms with van der Waals surface area (Å²) >= 11 is 0. The molecular formula is C11H20N2O. The van der Waals surface area contributed by atoms with Crippen LogP contribution < -0.4 is 5.32 Å². The Balaban J connectivity index is 2.55. The topological polar surface area (TPSA) is 45.0 Å². The third kappa shape index (κ3) is 2.70. The highest BCUT2D eigenvalue weighted by Crippen LogP contribution is 2.25. The second-order valence-electron chi connectivity index (χ2n) is 3.98. The van der Waals surface area contributed by atoms with Crippen LogP contribution in [-0.2, 0) is 4.74 Å². The molecule has 0 amide bonds. The standard InChI is InChI=1S/C11H20N2O/c1-3-6-13-11(9-12)5-7-14-10(4-2)8-11/h10,13H,3-8H2,1-2H3. The van der Waals surface area contributed by atoms with Gasteiger partial charge in [0.25, 0.3) is 0 Å². The fraction of sp³-hybridized carbons (Fsp3) is 0.909. The first-order valence-electron chi connectivity index (χ1n) is 5.54. The number of rotatable bonds is 4. The molecule has 1 N–H and O–H groups in total. The van der Waals surface area contributed by atoms with Gasteiger partial charge in [0, 0.05) is 19.4 Å². The van der Waals surface area contributed by atoms with Crippen molar-refractivity contribution in [2.45, 2.75) is 51.2 Å². The lowest BCUT2D eigenvalue weighted by Crippen LogP contribution is -2.51. The zero-order valence-corrected chi connectivity index (χ0v) is 9.18. The van der Waals surface area contributed by atoms with Crippen molar-refractivity contribution in [1.82, 2.24) is 5.32 Å². The van der Waals surface area contributed by atoms with E-state index >= 15 is 0 Å². The molecule has 1 aliphatic heterocycles. The number of hydrogen-bond donors (Lipinski definition) is 1. The highest BCUT2D eigenvalue weighted by Gasteiger charge is 2.35. The van der Waals surface area contributed by atoms with E-state index in [0.29, 0.717) is 6.61 Å². The van der Waals surface area contributed by atoms with Crippen LogP contribution in [0.3, 0.4) is 0 Å². The molecule has 1 heterocycles. The molecule has 1 aliphatic rings. The van der Waals surface area contributed by atoms with Gasteiger partial charge in [0.1, 0.15) is 5.54 Å². The lowest BCUT2D eigenvalue weighted by Gasteiger charge is -2.36. The molecule has 0 aromatic rings. The summed E-state index contributed by atoms with van der Waals surface area (Å²) in [5.41, 5.74) is -0.324. The highest BCUT2D eigenvalue weighted by atomic mass is 16.5. The Labute approximate surface area is 86.4 Å². The first-order valence-corrected chi connectivity index (χ1v) is 5.54. The van der Waals surface area contributed by atoms with Crippen molar-refractivity contribution < 1.29 is 4.74 Å². The zero-order chi connectivity index (χ0) is 10.4. The molecule has 80 valence electrons. The zero-order valence-electron chi connectivity index (χ0n) is 9.18. The second-order valence-corrected chi connectivity index (χ2v) is 3.98. The Morgan fingerprint density at radius 2 is 2.36 bits per heavy atom. The summed E-state index contributed by atoms with van der Waals surface area (Å²) in [5.74, 6) is 0. The van der Waals surface area contributed by atoms with E-state index < -0.39 is 0 Å². The van der Waals surface area contributed by atoms with Crippen molar-refractivity contribution in [3.05, 3.63) is 0 Å². The van der Waals surface area contributed by atoms with E-state index in [1.807, 2.05) is 0 Å². The maximum atomic E-state index is 9.21. The highest BCUT2D eigenvalue weighted by molar-refractivity contribution is 5.09. The summed E-state index contributed by atoms with van der Waals surface area (Å²) in [6, 6.07) is 2.43. The minimum Gasteiger partial charge on any atom is -0.378 e. The van der Waals surface area contributed by atoms with Gasteiger partial charge in [-0.25, -0.2) is 0 Å². The Bertz CT molecular complexity index is 212. The van der Waals surface area contributed by atoms with Gasteiger partial charge in [-0.05, 0) is 19.4 Å². The van der Waals surface area contributed by atoms with E-state index in [4.69, 9.17) is 4.74 Å². The van der Waals surface area contributed by atoms with Gasteiger partial charge in [0.15, 0.2) is 0 Å². The third-order valence-electron chi connectivity index (χ3n) is 2.84. The van der Waals surface area contributed by atoms with Crippen LogP contribution in [0, 0.1) is 11.3 Å². The van der Waals surface area contributed by atoms with Gasteiger partial charge in [0.2, 0.25) is 0 Å². The van der Waals surface area contributed by atoms with Gasteiger partial charge < -0.3 is 4.74 Å². The van der Waals surface area contributed by atoms with Crippen LogP contribution in [-0.4, -0.2) is 24.8 Å². The summed E-state index contributed by atoms with van der Waals surface area (Å²) < 4.78 is 5.57. The largest absolute Gasteiger partial charge is 0.378 e. The van der Waals surface area contributed by atoms with Crippen molar-refractivity contribution in [3.8, 4) is 6.07 Å². The van der Waals surface area contributed by atoms with E-state index in [9.17, 15) is 5.26 Å². The van der Waals surface area contributed by atoms with Crippen LogP contribution >= 0.6 is 0 Å². The van der Waals surface area contributed by atoms with Crippen LogP contribution in [0.1, 0.15) is 39.5 Å². The van der Waals surface area contributed by atoms with Crippen LogP contribution in [0.5, 0.6) is 0 Å².